The van der Waals surface area contributed by atoms with E-state index in [0.29, 0.717) is 5.92 Å². The summed E-state index contributed by atoms with van der Waals surface area (Å²) in [5, 5.41) is 3.27. The van der Waals surface area contributed by atoms with Gasteiger partial charge >= 0.3 is 0 Å². The van der Waals surface area contributed by atoms with Crippen molar-refractivity contribution in [3.63, 3.8) is 0 Å². The molecule has 2 aliphatic heterocycles. The van der Waals surface area contributed by atoms with Crippen LogP contribution in [0, 0.1) is 5.92 Å². The van der Waals surface area contributed by atoms with Gasteiger partial charge in [-0.2, -0.15) is 4.31 Å². The first-order valence-electron chi connectivity index (χ1n) is 5.77. The van der Waals surface area contributed by atoms with Crippen molar-refractivity contribution in [2.45, 2.75) is 25.4 Å². The van der Waals surface area contributed by atoms with Gasteiger partial charge in [0.25, 0.3) is 0 Å². The highest BCUT2D eigenvalue weighted by atomic mass is 32.2. The Morgan fingerprint density at radius 2 is 2.19 bits per heavy atom. The van der Waals surface area contributed by atoms with Crippen molar-refractivity contribution in [1.82, 2.24) is 9.62 Å². The van der Waals surface area contributed by atoms with E-state index >= 15 is 0 Å². The summed E-state index contributed by atoms with van der Waals surface area (Å²) in [4.78, 5) is 0. The van der Waals surface area contributed by atoms with Gasteiger partial charge in [-0.15, -0.1) is 0 Å². The van der Waals surface area contributed by atoms with E-state index in [2.05, 4.69) is 5.32 Å². The molecule has 2 saturated heterocycles. The maximum atomic E-state index is 12.2. The Balaban J connectivity index is 2.12. The lowest BCUT2D eigenvalue weighted by molar-refractivity contribution is 0.214. The Morgan fingerprint density at radius 1 is 1.44 bits per heavy atom. The van der Waals surface area contributed by atoms with Gasteiger partial charge in [0, 0.05) is 25.7 Å². The minimum atomic E-state index is -3.16. The lowest BCUT2D eigenvalue weighted by Crippen LogP contribution is -2.44. The van der Waals surface area contributed by atoms with Crippen LogP contribution >= 0.6 is 0 Å². The van der Waals surface area contributed by atoms with Gasteiger partial charge in [0.05, 0.1) is 12.4 Å². The fourth-order valence-corrected chi connectivity index (χ4v) is 4.78. The van der Waals surface area contributed by atoms with Crippen molar-refractivity contribution in [3.05, 3.63) is 0 Å². The van der Waals surface area contributed by atoms with E-state index in [1.54, 1.807) is 4.31 Å². The van der Waals surface area contributed by atoms with Crippen molar-refractivity contribution >= 4 is 10.0 Å². The second-order valence-corrected chi connectivity index (χ2v) is 6.70. The van der Waals surface area contributed by atoms with Gasteiger partial charge in [-0.3, -0.25) is 0 Å². The molecule has 2 heterocycles. The first-order valence-corrected chi connectivity index (χ1v) is 7.38. The molecule has 5 nitrogen and oxygen atoms in total. The molecule has 3 atom stereocenters. The predicted octanol–water partition coefficient (Wildman–Crippen LogP) is -0.355. The van der Waals surface area contributed by atoms with Crippen molar-refractivity contribution in [2.75, 3.05) is 32.6 Å². The van der Waals surface area contributed by atoms with E-state index in [1.165, 1.54) is 7.11 Å². The topological polar surface area (TPSA) is 58.6 Å². The Labute approximate surface area is 97.2 Å². The molecule has 0 saturated carbocycles. The average Bonchev–Trinajstić information content (AvgIpc) is 2.73. The first-order chi connectivity index (χ1) is 7.56. The molecule has 2 rings (SSSR count). The minimum Gasteiger partial charge on any atom is -0.384 e. The van der Waals surface area contributed by atoms with Crippen LogP contribution in [0.3, 0.4) is 0 Å². The van der Waals surface area contributed by atoms with Crippen LogP contribution in [0.2, 0.25) is 0 Å². The quantitative estimate of drug-likeness (QED) is 0.738. The second-order valence-electron chi connectivity index (χ2n) is 4.71. The van der Waals surface area contributed by atoms with Crippen LogP contribution in [-0.2, 0) is 14.8 Å². The van der Waals surface area contributed by atoms with Crippen molar-refractivity contribution < 1.29 is 13.2 Å². The number of hydrogen-bond acceptors (Lipinski definition) is 4. The summed E-state index contributed by atoms with van der Waals surface area (Å²) in [6, 6.07) is 0.302. The van der Waals surface area contributed by atoms with E-state index < -0.39 is 10.0 Å². The molecule has 0 spiro atoms. The van der Waals surface area contributed by atoms with E-state index in [4.69, 9.17) is 4.74 Å². The molecule has 6 heteroatoms. The van der Waals surface area contributed by atoms with Crippen LogP contribution in [0.5, 0.6) is 0 Å². The molecule has 0 radical (unpaired) electrons. The first kappa shape index (κ1) is 12.3. The SMILES string of the molecule is COCCS(=O)(=O)N1C(C)CC2CNCC21. The van der Waals surface area contributed by atoms with E-state index in [9.17, 15) is 8.42 Å². The van der Waals surface area contributed by atoms with Crippen LogP contribution in [0.4, 0.5) is 0 Å². The number of methoxy groups -OCH3 is 1. The number of rotatable bonds is 4. The summed E-state index contributed by atoms with van der Waals surface area (Å²) in [5.74, 6) is 0.587. The summed E-state index contributed by atoms with van der Waals surface area (Å²) >= 11 is 0. The highest BCUT2D eigenvalue weighted by molar-refractivity contribution is 7.89. The fourth-order valence-electron chi connectivity index (χ4n) is 2.90. The van der Waals surface area contributed by atoms with E-state index in [-0.39, 0.29) is 24.4 Å². The molecule has 0 aromatic rings. The normalized spacial score (nSPS) is 35.5. The van der Waals surface area contributed by atoms with Gasteiger partial charge < -0.3 is 10.1 Å². The molecule has 3 unspecified atom stereocenters. The van der Waals surface area contributed by atoms with Crippen LogP contribution < -0.4 is 5.32 Å². The lowest BCUT2D eigenvalue weighted by atomic mass is 10.0. The fraction of sp³-hybridized carbons (Fsp3) is 1.00. The molecule has 2 aliphatic rings. The van der Waals surface area contributed by atoms with Gasteiger partial charge in [0.15, 0.2) is 0 Å². The van der Waals surface area contributed by atoms with Crippen LogP contribution in [0.25, 0.3) is 0 Å². The molecule has 0 bridgehead atoms. The zero-order valence-electron chi connectivity index (χ0n) is 9.85. The third kappa shape index (κ3) is 2.11. The Kier molecular flexibility index (Phi) is 3.53. The van der Waals surface area contributed by atoms with Crippen molar-refractivity contribution in [1.29, 1.82) is 0 Å². The largest absolute Gasteiger partial charge is 0.384 e. The Hall–Kier alpha value is -0.170. The summed E-state index contributed by atoms with van der Waals surface area (Å²) in [6.45, 7) is 4.02. The number of ether oxygens (including phenoxy) is 1. The lowest BCUT2D eigenvalue weighted by Gasteiger charge is -2.26. The Bertz CT molecular complexity index is 344. The monoisotopic (exact) mass is 248 g/mol. The van der Waals surface area contributed by atoms with E-state index in [1.807, 2.05) is 6.92 Å². The van der Waals surface area contributed by atoms with Crippen LogP contribution in [0.1, 0.15) is 13.3 Å². The van der Waals surface area contributed by atoms with Gasteiger partial charge in [0.1, 0.15) is 0 Å². The molecule has 1 N–H and O–H groups in total. The predicted molar refractivity (Wildman–Crippen MR) is 61.7 cm³/mol. The molecule has 0 aliphatic carbocycles. The molecular formula is C10H20N2O3S. The van der Waals surface area contributed by atoms with Crippen LogP contribution in [0.15, 0.2) is 0 Å². The molecule has 0 aromatic heterocycles. The van der Waals surface area contributed by atoms with Crippen molar-refractivity contribution in [2.24, 2.45) is 5.92 Å². The third-order valence-corrected chi connectivity index (χ3v) is 5.53. The highest BCUT2D eigenvalue weighted by Gasteiger charge is 2.46. The number of fused-ring (bicyclic) bond motifs is 1. The van der Waals surface area contributed by atoms with Crippen molar-refractivity contribution in [3.8, 4) is 0 Å². The second kappa shape index (κ2) is 4.60. The molecule has 2 fully saturated rings. The average molecular weight is 248 g/mol. The number of nitrogens with zero attached hydrogens (tertiary/aromatic N) is 1. The minimum absolute atomic E-state index is 0.0943. The van der Waals surface area contributed by atoms with Gasteiger partial charge in [-0.05, 0) is 25.8 Å². The summed E-state index contributed by atoms with van der Waals surface area (Å²) in [5.41, 5.74) is 0. The summed E-state index contributed by atoms with van der Waals surface area (Å²) in [6.07, 6.45) is 0.976. The highest BCUT2D eigenvalue weighted by Crippen LogP contribution is 2.34. The summed E-state index contributed by atoms with van der Waals surface area (Å²) in [7, 11) is -1.63. The third-order valence-electron chi connectivity index (χ3n) is 3.58. The summed E-state index contributed by atoms with van der Waals surface area (Å²) < 4.78 is 30.9. The Morgan fingerprint density at radius 3 is 2.88 bits per heavy atom. The zero-order chi connectivity index (χ0) is 11.8. The maximum Gasteiger partial charge on any atom is 0.216 e. The number of nitrogens with one attached hydrogen (secondary N) is 1. The number of hydrogen-bond donors (Lipinski definition) is 1. The standard InChI is InChI=1S/C10H20N2O3S/c1-8-5-9-6-11-7-10(9)12(8)16(13,14)4-3-15-2/h8-11H,3-7H2,1-2H3. The maximum absolute atomic E-state index is 12.2. The molecular weight excluding hydrogens is 228 g/mol. The molecule has 16 heavy (non-hydrogen) atoms. The molecule has 0 aromatic carbocycles. The van der Waals surface area contributed by atoms with Gasteiger partial charge in [-0.25, -0.2) is 8.42 Å². The molecule has 0 amide bonds. The number of sulfonamides is 1. The van der Waals surface area contributed by atoms with E-state index in [0.717, 1.165) is 19.5 Å². The van der Waals surface area contributed by atoms with Crippen LogP contribution in [-0.4, -0.2) is 57.4 Å². The zero-order valence-corrected chi connectivity index (χ0v) is 10.7. The smallest absolute Gasteiger partial charge is 0.216 e. The van der Waals surface area contributed by atoms with Gasteiger partial charge in [0.2, 0.25) is 10.0 Å². The molecule has 94 valence electrons. The van der Waals surface area contributed by atoms with Gasteiger partial charge in [-0.1, -0.05) is 0 Å².